The molecule has 1 saturated heterocycles. The minimum Gasteiger partial charge on any atom is -0.319 e. The number of benzene rings is 2. The summed E-state index contributed by atoms with van der Waals surface area (Å²) < 4.78 is 0. The summed E-state index contributed by atoms with van der Waals surface area (Å²) in [6.07, 6.45) is 5.73. The molecule has 6 nitrogen and oxygen atoms in total. The Morgan fingerprint density at radius 2 is 1.80 bits per heavy atom. The highest BCUT2D eigenvalue weighted by molar-refractivity contribution is 6.07. The molecule has 2 fully saturated rings. The molecule has 1 aliphatic heterocycles. The van der Waals surface area contributed by atoms with Crippen LogP contribution in [0, 0.1) is 0 Å². The highest BCUT2D eigenvalue weighted by Crippen LogP contribution is 2.33. The molecule has 1 aliphatic carbocycles. The van der Waals surface area contributed by atoms with E-state index in [0.717, 1.165) is 34.7 Å². The highest BCUT2D eigenvalue weighted by atomic mass is 16.2. The van der Waals surface area contributed by atoms with Gasteiger partial charge in [-0.05, 0) is 59.9 Å². The van der Waals surface area contributed by atoms with Crippen LogP contribution in [-0.2, 0) is 16.9 Å². The molecular formula is C24H24N4O2. The molecule has 152 valence electrons. The number of hydrogen-bond donors (Lipinski definition) is 1. The maximum absolute atomic E-state index is 13.4. The van der Waals surface area contributed by atoms with Crippen molar-refractivity contribution >= 4 is 22.7 Å². The SMILES string of the molecule is C[C@]1(c2ccc3ccccc3c2)NC(=O)N(CN(Cc2ccncc2)C2CC2)C1=O. The fourth-order valence-electron chi connectivity index (χ4n) is 4.16. The number of rotatable bonds is 6. The van der Waals surface area contributed by atoms with Crippen molar-refractivity contribution in [3.05, 3.63) is 78.1 Å². The molecule has 1 saturated carbocycles. The smallest absolute Gasteiger partial charge is 0.319 e. The van der Waals surface area contributed by atoms with Crippen LogP contribution in [-0.4, -0.2) is 39.4 Å². The number of nitrogens with zero attached hydrogens (tertiary/aromatic N) is 3. The van der Waals surface area contributed by atoms with Gasteiger partial charge in [-0.1, -0.05) is 36.4 Å². The van der Waals surface area contributed by atoms with E-state index in [-0.39, 0.29) is 11.9 Å². The second kappa shape index (κ2) is 7.22. The largest absolute Gasteiger partial charge is 0.326 e. The Morgan fingerprint density at radius 3 is 2.53 bits per heavy atom. The lowest BCUT2D eigenvalue weighted by molar-refractivity contribution is -0.132. The molecule has 1 N–H and O–H groups in total. The van der Waals surface area contributed by atoms with Crippen LogP contribution in [0.3, 0.4) is 0 Å². The lowest BCUT2D eigenvalue weighted by Gasteiger charge is -2.27. The summed E-state index contributed by atoms with van der Waals surface area (Å²) in [5, 5.41) is 5.10. The molecule has 5 rings (SSSR count). The van der Waals surface area contributed by atoms with E-state index in [4.69, 9.17) is 0 Å². The molecule has 2 heterocycles. The number of carbonyl (C=O) groups is 2. The molecular weight excluding hydrogens is 376 g/mol. The van der Waals surface area contributed by atoms with Gasteiger partial charge in [-0.25, -0.2) is 9.69 Å². The average Bonchev–Trinajstić information content (AvgIpc) is 3.58. The van der Waals surface area contributed by atoms with Gasteiger partial charge in [-0.3, -0.25) is 14.7 Å². The third-order valence-corrected chi connectivity index (χ3v) is 6.12. The van der Waals surface area contributed by atoms with E-state index in [2.05, 4.69) is 15.2 Å². The lowest BCUT2D eigenvalue weighted by Crippen LogP contribution is -2.44. The first kappa shape index (κ1) is 18.8. The third kappa shape index (κ3) is 3.33. The van der Waals surface area contributed by atoms with Crippen molar-refractivity contribution in [3.63, 3.8) is 0 Å². The standard InChI is InChI=1S/C24H24N4O2/c1-24(20-7-6-18-4-2-3-5-19(18)14-20)22(29)28(23(30)26-24)16-27(21-8-9-21)15-17-10-12-25-13-11-17/h2-7,10-14,21H,8-9,15-16H2,1H3,(H,26,30)/t24-/m1/s1. The number of carbonyl (C=O) groups excluding carboxylic acids is 2. The van der Waals surface area contributed by atoms with Crippen molar-refractivity contribution in [1.82, 2.24) is 20.1 Å². The van der Waals surface area contributed by atoms with Crippen LogP contribution in [0.4, 0.5) is 4.79 Å². The van der Waals surface area contributed by atoms with Gasteiger partial charge in [-0.15, -0.1) is 0 Å². The summed E-state index contributed by atoms with van der Waals surface area (Å²) in [5.74, 6) is -0.205. The molecule has 0 radical (unpaired) electrons. The van der Waals surface area contributed by atoms with Crippen molar-refractivity contribution in [1.29, 1.82) is 0 Å². The first-order chi connectivity index (χ1) is 14.5. The summed E-state index contributed by atoms with van der Waals surface area (Å²) in [7, 11) is 0. The van der Waals surface area contributed by atoms with Crippen molar-refractivity contribution < 1.29 is 9.59 Å². The Bertz CT molecular complexity index is 1110. The van der Waals surface area contributed by atoms with Crippen molar-refractivity contribution in [2.75, 3.05) is 6.67 Å². The number of amides is 3. The van der Waals surface area contributed by atoms with Gasteiger partial charge in [0.1, 0.15) is 5.54 Å². The van der Waals surface area contributed by atoms with E-state index in [0.29, 0.717) is 19.3 Å². The molecule has 1 aromatic heterocycles. The van der Waals surface area contributed by atoms with Gasteiger partial charge in [-0.2, -0.15) is 0 Å². The van der Waals surface area contributed by atoms with Crippen LogP contribution in [0.2, 0.25) is 0 Å². The molecule has 1 atom stereocenters. The quantitative estimate of drug-likeness (QED) is 0.642. The first-order valence-electron chi connectivity index (χ1n) is 10.3. The molecule has 0 unspecified atom stereocenters. The molecule has 6 heteroatoms. The van der Waals surface area contributed by atoms with E-state index < -0.39 is 5.54 Å². The maximum atomic E-state index is 13.4. The third-order valence-electron chi connectivity index (χ3n) is 6.12. The second-order valence-electron chi connectivity index (χ2n) is 8.33. The van der Waals surface area contributed by atoms with E-state index >= 15 is 0 Å². The number of imide groups is 1. The Hall–Kier alpha value is -3.25. The van der Waals surface area contributed by atoms with Gasteiger partial charge < -0.3 is 5.32 Å². The molecule has 0 spiro atoms. The zero-order valence-corrected chi connectivity index (χ0v) is 16.9. The Morgan fingerprint density at radius 1 is 1.07 bits per heavy atom. The fourth-order valence-corrected chi connectivity index (χ4v) is 4.16. The van der Waals surface area contributed by atoms with Gasteiger partial charge in [0.2, 0.25) is 0 Å². The van der Waals surface area contributed by atoms with E-state index in [1.165, 1.54) is 4.90 Å². The van der Waals surface area contributed by atoms with E-state index in [1.807, 2.05) is 54.6 Å². The number of nitrogens with one attached hydrogen (secondary N) is 1. The normalized spacial score (nSPS) is 21.5. The number of pyridine rings is 1. The summed E-state index contributed by atoms with van der Waals surface area (Å²) in [4.78, 5) is 33.9. The number of aromatic nitrogens is 1. The van der Waals surface area contributed by atoms with Gasteiger partial charge in [0.25, 0.3) is 5.91 Å². The van der Waals surface area contributed by atoms with Crippen LogP contribution in [0.25, 0.3) is 10.8 Å². The number of fused-ring (bicyclic) bond motifs is 1. The zero-order valence-electron chi connectivity index (χ0n) is 16.9. The van der Waals surface area contributed by atoms with Crippen molar-refractivity contribution in [3.8, 4) is 0 Å². The zero-order chi connectivity index (χ0) is 20.7. The highest BCUT2D eigenvalue weighted by Gasteiger charge is 2.50. The van der Waals surface area contributed by atoms with Crippen LogP contribution in [0.5, 0.6) is 0 Å². The molecule has 0 bridgehead atoms. The van der Waals surface area contributed by atoms with E-state index in [9.17, 15) is 9.59 Å². The van der Waals surface area contributed by atoms with Gasteiger partial charge in [0.15, 0.2) is 0 Å². The number of hydrogen-bond acceptors (Lipinski definition) is 4. The van der Waals surface area contributed by atoms with Crippen molar-refractivity contribution in [2.45, 2.75) is 37.9 Å². The maximum Gasteiger partial charge on any atom is 0.326 e. The summed E-state index contributed by atoms with van der Waals surface area (Å²) in [6, 6.07) is 18.0. The summed E-state index contributed by atoms with van der Waals surface area (Å²) in [5.41, 5.74) is 0.864. The monoisotopic (exact) mass is 400 g/mol. The van der Waals surface area contributed by atoms with Gasteiger partial charge >= 0.3 is 6.03 Å². The summed E-state index contributed by atoms with van der Waals surface area (Å²) >= 11 is 0. The van der Waals surface area contributed by atoms with Crippen LogP contribution in [0.15, 0.2) is 67.0 Å². The van der Waals surface area contributed by atoms with Gasteiger partial charge in [0.05, 0.1) is 6.67 Å². The molecule has 3 aromatic rings. The minimum atomic E-state index is -1.06. The van der Waals surface area contributed by atoms with Crippen LogP contribution < -0.4 is 5.32 Å². The Balaban J connectivity index is 1.40. The van der Waals surface area contributed by atoms with E-state index in [1.54, 1.807) is 19.3 Å². The molecule has 2 aromatic carbocycles. The van der Waals surface area contributed by atoms with Gasteiger partial charge in [0, 0.05) is 25.0 Å². The van der Waals surface area contributed by atoms with Crippen LogP contribution >= 0.6 is 0 Å². The second-order valence-corrected chi connectivity index (χ2v) is 8.33. The average molecular weight is 400 g/mol. The summed E-state index contributed by atoms with van der Waals surface area (Å²) in [6.45, 7) is 2.78. The predicted molar refractivity (Wildman–Crippen MR) is 114 cm³/mol. The number of urea groups is 1. The predicted octanol–water partition coefficient (Wildman–Crippen LogP) is 3.62. The Labute approximate surface area is 175 Å². The van der Waals surface area contributed by atoms with Crippen LogP contribution in [0.1, 0.15) is 30.9 Å². The molecule has 3 amide bonds. The molecule has 30 heavy (non-hydrogen) atoms. The van der Waals surface area contributed by atoms with Crippen molar-refractivity contribution in [2.24, 2.45) is 0 Å². The topological polar surface area (TPSA) is 65.5 Å². The Kier molecular flexibility index (Phi) is 4.51. The lowest BCUT2D eigenvalue weighted by atomic mass is 9.90. The molecule has 2 aliphatic rings. The fraction of sp³-hybridized carbons (Fsp3) is 0.292. The minimum absolute atomic E-state index is 0.205. The first-order valence-corrected chi connectivity index (χ1v) is 10.3.